The zero-order valence-electron chi connectivity index (χ0n) is 35.4. The summed E-state index contributed by atoms with van der Waals surface area (Å²) in [5.74, 6) is 0.660. The molecule has 0 aliphatic carbocycles. The number of piperidine rings is 2. The molecule has 2 atom stereocenters. The number of benzene rings is 2. The molecule has 4 fully saturated rings. The highest BCUT2D eigenvalue weighted by Gasteiger charge is 2.45. The van der Waals surface area contributed by atoms with Crippen molar-refractivity contribution in [1.82, 2.24) is 35.0 Å². The minimum atomic E-state index is -0.609. The van der Waals surface area contributed by atoms with Crippen molar-refractivity contribution in [2.45, 2.75) is 71.0 Å². The summed E-state index contributed by atoms with van der Waals surface area (Å²) in [5.41, 5.74) is 4.14. The van der Waals surface area contributed by atoms with Crippen molar-refractivity contribution in [2.24, 2.45) is 11.3 Å². The number of fused-ring (bicyclic) bond motifs is 2. The van der Waals surface area contributed by atoms with E-state index in [1.54, 1.807) is 21.7 Å². The molecule has 0 saturated carbocycles. The fourth-order valence-corrected chi connectivity index (χ4v) is 10.2. The van der Waals surface area contributed by atoms with Gasteiger partial charge >= 0.3 is 0 Å². The summed E-state index contributed by atoms with van der Waals surface area (Å²) in [7, 11) is 1.52. The molecule has 9 rings (SSSR count). The number of aromatic nitrogens is 3. The zero-order chi connectivity index (χ0) is 43.3. The number of rotatable bonds is 11. The Morgan fingerprint density at radius 2 is 1.79 bits per heavy atom. The quantitative estimate of drug-likeness (QED) is 0.181. The third kappa shape index (κ3) is 8.17. The number of hydrogen-bond acceptors (Lipinski definition) is 12. The van der Waals surface area contributed by atoms with E-state index in [1.807, 2.05) is 44.2 Å². The van der Waals surface area contributed by atoms with Gasteiger partial charge in [-0.3, -0.25) is 29.3 Å². The molecule has 3 N–H and O–H groups in total. The van der Waals surface area contributed by atoms with Crippen molar-refractivity contribution < 1.29 is 23.9 Å². The lowest BCUT2D eigenvalue weighted by Gasteiger charge is -2.34. The lowest BCUT2D eigenvalue weighted by Crippen LogP contribution is -2.52. The van der Waals surface area contributed by atoms with Gasteiger partial charge in [0.25, 0.3) is 17.4 Å². The van der Waals surface area contributed by atoms with Crippen molar-refractivity contribution in [3.05, 3.63) is 75.2 Å². The predicted molar refractivity (Wildman–Crippen MR) is 236 cm³/mol. The van der Waals surface area contributed by atoms with Gasteiger partial charge in [-0.2, -0.15) is 4.98 Å². The number of amides is 4. The van der Waals surface area contributed by atoms with E-state index in [-0.39, 0.29) is 59.4 Å². The van der Waals surface area contributed by atoms with Crippen LogP contribution in [0.5, 0.6) is 5.75 Å². The second-order valence-corrected chi connectivity index (χ2v) is 18.2. The number of anilines is 4. The van der Waals surface area contributed by atoms with Gasteiger partial charge in [-0.1, -0.05) is 11.6 Å². The first-order valence-electron chi connectivity index (χ1n) is 21.7. The Kier molecular flexibility index (Phi) is 11.3. The van der Waals surface area contributed by atoms with Crippen molar-refractivity contribution in [1.29, 1.82) is 0 Å². The Balaban J connectivity index is 0.788. The Labute approximate surface area is 364 Å². The van der Waals surface area contributed by atoms with Crippen molar-refractivity contribution >= 4 is 69.3 Å². The third-order valence-corrected chi connectivity index (χ3v) is 13.7. The second kappa shape index (κ2) is 16.9. The van der Waals surface area contributed by atoms with Gasteiger partial charge < -0.3 is 39.5 Å². The lowest BCUT2D eigenvalue weighted by atomic mass is 9.86. The van der Waals surface area contributed by atoms with Crippen LogP contribution in [0.4, 0.5) is 23.1 Å². The lowest BCUT2D eigenvalue weighted by molar-refractivity contribution is -0.137. The Morgan fingerprint density at radius 3 is 2.56 bits per heavy atom. The van der Waals surface area contributed by atoms with Crippen LogP contribution in [0.2, 0.25) is 5.02 Å². The van der Waals surface area contributed by atoms with Crippen molar-refractivity contribution in [2.75, 3.05) is 74.6 Å². The zero-order valence-corrected chi connectivity index (χ0v) is 36.2. The molecular weight excluding hydrogens is 812 g/mol. The Hall–Kier alpha value is -5.74. The molecule has 7 heterocycles. The van der Waals surface area contributed by atoms with E-state index in [2.05, 4.69) is 41.7 Å². The summed E-state index contributed by atoms with van der Waals surface area (Å²) in [6.45, 7) is 10.9. The smallest absolute Gasteiger partial charge is 0.293 e. The van der Waals surface area contributed by atoms with Gasteiger partial charge in [0.2, 0.25) is 17.8 Å². The fourth-order valence-electron chi connectivity index (χ4n) is 10.1. The maximum Gasteiger partial charge on any atom is 0.293 e. The van der Waals surface area contributed by atoms with Crippen LogP contribution in [-0.4, -0.2) is 113 Å². The number of imide groups is 1. The summed E-state index contributed by atoms with van der Waals surface area (Å²) in [6.07, 6.45) is 6.63. The minimum absolute atomic E-state index is 0.0993. The highest BCUT2D eigenvalue weighted by Crippen LogP contribution is 2.43. The number of nitrogens with zero attached hydrogens (tertiary/aromatic N) is 7. The monoisotopic (exact) mass is 864 g/mol. The van der Waals surface area contributed by atoms with Gasteiger partial charge in [0.15, 0.2) is 18.2 Å². The first-order chi connectivity index (χ1) is 29.9. The van der Waals surface area contributed by atoms with Gasteiger partial charge in [-0.25, -0.2) is 4.98 Å². The van der Waals surface area contributed by atoms with E-state index in [0.717, 1.165) is 92.9 Å². The highest BCUT2D eigenvalue weighted by molar-refractivity contribution is 6.33. The van der Waals surface area contributed by atoms with Gasteiger partial charge in [-0.15, -0.1) is 0 Å². The summed E-state index contributed by atoms with van der Waals surface area (Å²) in [5, 5.41) is 9.41. The van der Waals surface area contributed by atoms with E-state index >= 15 is 0 Å². The highest BCUT2D eigenvalue weighted by atomic mass is 35.5. The molecule has 326 valence electrons. The molecule has 62 heavy (non-hydrogen) atoms. The van der Waals surface area contributed by atoms with Crippen LogP contribution >= 0.6 is 11.6 Å². The maximum atomic E-state index is 13.3. The van der Waals surface area contributed by atoms with Gasteiger partial charge in [-0.05, 0) is 106 Å². The molecule has 2 aromatic heterocycles. The van der Waals surface area contributed by atoms with E-state index in [9.17, 15) is 24.0 Å². The topological polar surface area (TPSA) is 174 Å². The van der Waals surface area contributed by atoms with E-state index < -0.39 is 6.04 Å². The standard InChI is InChI=1S/C45H53ClN10O6/c1-27(2)56-35-7-4-31(18-29(35)20-37(43(56)61)62-24-39(58)47-3)49-40-34(46)21-48-44(51-40)53-14-10-28(11-15-53)22-52-16-12-45(25-52)13-17-54(26-45)32-5-6-33-30(19-32)23-55(42(33)60)36-8-9-38(57)50-41(36)59/h4-7,18-21,27-28,36H,8-17,22-26H2,1-3H3,(H,47,58)(H,48,49,51)(H,50,57,59)/t36-,45-/m0/s1. The van der Waals surface area contributed by atoms with E-state index in [1.165, 1.54) is 13.5 Å². The van der Waals surface area contributed by atoms with Gasteiger partial charge in [0.05, 0.1) is 11.7 Å². The van der Waals surface area contributed by atoms with Crippen molar-refractivity contribution in [3.8, 4) is 5.75 Å². The number of likely N-dealkylation sites (N-methyl/N-ethyl adjacent to an activating group) is 1. The van der Waals surface area contributed by atoms with Crippen LogP contribution in [0.1, 0.15) is 74.3 Å². The first-order valence-corrected chi connectivity index (χ1v) is 22.1. The number of carbonyl (C=O) groups is 4. The molecule has 0 bridgehead atoms. The molecule has 0 unspecified atom stereocenters. The molecule has 0 radical (unpaired) electrons. The predicted octanol–water partition coefficient (Wildman–Crippen LogP) is 4.47. The number of nitrogens with one attached hydrogen (secondary N) is 3. The normalized spacial score (nSPS) is 22.0. The number of pyridine rings is 1. The van der Waals surface area contributed by atoms with E-state index in [4.69, 9.17) is 21.3 Å². The molecule has 4 aromatic rings. The molecule has 16 nitrogen and oxygen atoms in total. The molecule has 17 heteroatoms. The van der Waals surface area contributed by atoms with Crippen LogP contribution in [0.15, 0.2) is 53.5 Å². The third-order valence-electron chi connectivity index (χ3n) is 13.4. The number of carbonyl (C=O) groups excluding carboxylic acids is 4. The summed E-state index contributed by atoms with van der Waals surface area (Å²) < 4.78 is 7.29. The Bertz CT molecular complexity index is 2500. The largest absolute Gasteiger partial charge is 0.478 e. The summed E-state index contributed by atoms with van der Waals surface area (Å²) in [4.78, 5) is 81.0. The average Bonchev–Trinajstić information content (AvgIpc) is 3.96. The van der Waals surface area contributed by atoms with Gasteiger partial charge in [0.1, 0.15) is 11.1 Å². The SMILES string of the molecule is CNC(=O)COc1cc2cc(Nc3nc(N4CCC(CN5CC[C@]6(CCN(c7ccc8c(c7)CN([C@H]7CCC(=O)NC7=O)C8=O)C6)C5)CC4)ncc3Cl)ccc2n(C(C)C)c1=O. The van der Waals surface area contributed by atoms with Crippen LogP contribution in [0, 0.1) is 11.3 Å². The van der Waals surface area contributed by atoms with E-state index in [0.29, 0.717) is 41.2 Å². The van der Waals surface area contributed by atoms with Gasteiger partial charge in [0, 0.05) is 93.1 Å². The van der Waals surface area contributed by atoms with Crippen LogP contribution in [-0.2, 0) is 20.9 Å². The van der Waals surface area contributed by atoms with Crippen LogP contribution in [0.25, 0.3) is 10.9 Å². The number of halogens is 1. The Morgan fingerprint density at radius 1 is 0.984 bits per heavy atom. The molecule has 1 spiro atoms. The van der Waals surface area contributed by atoms with Crippen LogP contribution < -0.4 is 36.0 Å². The summed E-state index contributed by atoms with van der Waals surface area (Å²) in [6, 6.07) is 12.7. The molecule has 5 aliphatic heterocycles. The summed E-state index contributed by atoms with van der Waals surface area (Å²) >= 11 is 6.63. The molecule has 5 aliphatic rings. The molecular formula is C45H53ClN10O6. The minimum Gasteiger partial charge on any atom is -0.478 e. The average molecular weight is 865 g/mol. The number of likely N-dealkylation sites (tertiary alicyclic amines) is 1. The first kappa shape index (κ1) is 41.6. The number of hydrogen-bond donors (Lipinski definition) is 3. The maximum absolute atomic E-state index is 13.3. The second-order valence-electron chi connectivity index (χ2n) is 17.8. The fraction of sp³-hybridized carbons (Fsp3) is 0.489. The molecule has 2 aromatic carbocycles. The van der Waals surface area contributed by atoms with Crippen LogP contribution in [0.3, 0.4) is 0 Å². The molecule has 4 saturated heterocycles. The van der Waals surface area contributed by atoms with Crippen molar-refractivity contribution in [3.63, 3.8) is 0 Å². The molecule has 4 amide bonds. The number of ether oxygens (including phenoxy) is 1.